The van der Waals surface area contributed by atoms with Crippen molar-refractivity contribution < 1.29 is 17.9 Å². The van der Waals surface area contributed by atoms with E-state index in [1.807, 2.05) is 33.3 Å². The van der Waals surface area contributed by atoms with Crippen LogP contribution in [0.1, 0.15) is 50.8 Å². The number of nitrogens with zero attached hydrogens (tertiary/aromatic N) is 3. The molecule has 33 heavy (non-hydrogen) atoms. The standard InChI is InChI=1S/C23H29N5O4S/c1-23(2,3)32-22(29)26-33(30,31)20-9-8-18(11-19(20)24)27(4)13-17-14-28-12-16(15-5-6-15)7-10-21(28)25-17/h7-12,14-15H,5-6,13,24H2,1-4H3,(H,26,29). The van der Waals surface area contributed by atoms with E-state index < -0.39 is 21.7 Å². The molecule has 2 heterocycles. The molecular weight excluding hydrogens is 442 g/mol. The van der Waals surface area contributed by atoms with E-state index in [9.17, 15) is 13.2 Å². The first-order valence-corrected chi connectivity index (χ1v) is 12.2. The molecule has 0 unspecified atom stereocenters. The molecule has 0 saturated heterocycles. The number of sulfonamides is 1. The van der Waals surface area contributed by atoms with E-state index in [4.69, 9.17) is 10.5 Å². The molecule has 3 aromatic rings. The maximum atomic E-state index is 12.6. The quantitative estimate of drug-likeness (QED) is 0.527. The zero-order valence-electron chi connectivity index (χ0n) is 19.2. The van der Waals surface area contributed by atoms with Gasteiger partial charge in [-0.2, -0.15) is 0 Å². The molecule has 1 aliphatic rings. The van der Waals surface area contributed by atoms with Gasteiger partial charge in [-0.05, 0) is 69.4 Å². The van der Waals surface area contributed by atoms with Crippen molar-refractivity contribution in [3.63, 3.8) is 0 Å². The highest BCUT2D eigenvalue weighted by molar-refractivity contribution is 7.90. The Balaban J connectivity index is 1.48. The van der Waals surface area contributed by atoms with Gasteiger partial charge in [0.25, 0.3) is 10.0 Å². The van der Waals surface area contributed by atoms with Gasteiger partial charge < -0.3 is 19.8 Å². The molecule has 0 spiro atoms. The van der Waals surface area contributed by atoms with Crippen LogP contribution in [0.5, 0.6) is 0 Å². The number of carbonyl (C=O) groups is 1. The minimum atomic E-state index is -4.17. The van der Waals surface area contributed by atoms with Gasteiger partial charge >= 0.3 is 6.09 Å². The van der Waals surface area contributed by atoms with E-state index in [0.717, 1.165) is 17.0 Å². The molecule has 1 aromatic carbocycles. The Bertz CT molecular complexity index is 1310. The van der Waals surface area contributed by atoms with Crippen LogP contribution in [0.4, 0.5) is 16.2 Å². The monoisotopic (exact) mass is 471 g/mol. The molecule has 0 radical (unpaired) electrons. The van der Waals surface area contributed by atoms with Crippen molar-refractivity contribution in [3.8, 4) is 0 Å². The Morgan fingerprint density at radius 1 is 1.24 bits per heavy atom. The van der Waals surface area contributed by atoms with Crippen molar-refractivity contribution in [1.82, 2.24) is 14.1 Å². The first-order chi connectivity index (χ1) is 15.4. The predicted molar refractivity (Wildman–Crippen MR) is 127 cm³/mol. The number of rotatable bonds is 6. The van der Waals surface area contributed by atoms with Crippen molar-refractivity contribution in [2.45, 2.75) is 56.6 Å². The number of anilines is 2. The summed E-state index contributed by atoms with van der Waals surface area (Å²) in [6, 6.07) is 8.75. The van der Waals surface area contributed by atoms with Gasteiger partial charge in [0.05, 0.1) is 17.9 Å². The van der Waals surface area contributed by atoms with Crippen LogP contribution in [0.15, 0.2) is 47.6 Å². The number of hydrogen-bond acceptors (Lipinski definition) is 7. The molecule has 176 valence electrons. The van der Waals surface area contributed by atoms with Crippen molar-refractivity contribution in [1.29, 1.82) is 0 Å². The molecule has 1 amide bonds. The second-order valence-corrected chi connectivity index (χ2v) is 11.1. The van der Waals surface area contributed by atoms with Crippen molar-refractivity contribution >= 4 is 33.1 Å². The fourth-order valence-corrected chi connectivity index (χ4v) is 4.60. The number of pyridine rings is 1. The number of nitrogens with one attached hydrogen (secondary N) is 1. The Kier molecular flexibility index (Phi) is 5.73. The molecule has 0 aliphatic heterocycles. The number of nitrogen functional groups attached to an aromatic ring is 1. The highest BCUT2D eigenvalue weighted by Crippen LogP contribution is 2.39. The maximum Gasteiger partial charge on any atom is 0.421 e. The zero-order valence-corrected chi connectivity index (χ0v) is 20.0. The highest BCUT2D eigenvalue weighted by Gasteiger charge is 2.25. The first-order valence-electron chi connectivity index (χ1n) is 10.8. The first kappa shape index (κ1) is 22.9. The summed E-state index contributed by atoms with van der Waals surface area (Å²) in [7, 11) is -2.29. The van der Waals surface area contributed by atoms with E-state index in [1.165, 1.54) is 24.5 Å². The summed E-state index contributed by atoms with van der Waals surface area (Å²) in [4.78, 5) is 18.3. The third-order valence-electron chi connectivity index (χ3n) is 5.31. The number of benzene rings is 1. The third-order valence-corrected chi connectivity index (χ3v) is 6.70. The van der Waals surface area contributed by atoms with Crippen LogP contribution in [0, 0.1) is 0 Å². The number of amides is 1. The third kappa shape index (κ3) is 5.39. The SMILES string of the molecule is CN(Cc1cn2cc(C3CC3)ccc2n1)c1ccc(S(=O)(=O)NC(=O)OC(C)(C)C)c(N)c1. The van der Waals surface area contributed by atoms with Gasteiger partial charge in [-0.1, -0.05) is 6.07 Å². The Labute approximate surface area is 193 Å². The molecule has 10 heteroatoms. The Morgan fingerprint density at radius 2 is 1.97 bits per heavy atom. The van der Waals surface area contributed by atoms with E-state index in [0.29, 0.717) is 12.5 Å². The largest absolute Gasteiger partial charge is 0.443 e. The summed E-state index contributed by atoms with van der Waals surface area (Å²) in [6.07, 6.45) is 5.58. The van der Waals surface area contributed by atoms with Gasteiger partial charge in [0.2, 0.25) is 0 Å². The highest BCUT2D eigenvalue weighted by atomic mass is 32.2. The van der Waals surface area contributed by atoms with Crippen LogP contribution in [0.25, 0.3) is 5.65 Å². The molecule has 0 bridgehead atoms. The summed E-state index contributed by atoms with van der Waals surface area (Å²) in [6.45, 7) is 5.45. The molecule has 1 aliphatic carbocycles. The second kappa shape index (κ2) is 8.26. The normalized spacial score (nSPS) is 14.3. The van der Waals surface area contributed by atoms with Gasteiger partial charge in [0.15, 0.2) is 0 Å². The van der Waals surface area contributed by atoms with E-state index in [-0.39, 0.29) is 10.6 Å². The van der Waals surface area contributed by atoms with Crippen molar-refractivity contribution in [3.05, 3.63) is 54.0 Å². The van der Waals surface area contributed by atoms with Crippen LogP contribution in [0.3, 0.4) is 0 Å². The summed E-state index contributed by atoms with van der Waals surface area (Å²) >= 11 is 0. The molecule has 1 saturated carbocycles. The summed E-state index contributed by atoms with van der Waals surface area (Å²) < 4.78 is 34.1. The Hall–Kier alpha value is -3.27. The molecule has 1 fully saturated rings. The number of fused-ring (bicyclic) bond motifs is 1. The lowest BCUT2D eigenvalue weighted by Gasteiger charge is -2.21. The van der Waals surface area contributed by atoms with E-state index in [2.05, 4.69) is 17.2 Å². The molecule has 4 rings (SSSR count). The molecular formula is C23H29N5O4S. The average Bonchev–Trinajstić information content (AvgIpc) is 3.45. The van der Waals surface area contributed by atoms with E-state index >= 15 is 0 Å². The average molecular weight is 472 g/mol. The fraction of sp³-hybridized carbons (Fsp3) is 0.391. The van der Waals surface area contributed by atoms with E-state index in [1.54, 1.807) is 32.9 Å². The molecule has 2 aromatic heterocycles. The Morgan fingerprint density at radius 3 is 2.61 bits per heavy atom. The lowest BCUT2D eigenvalue weighted by molar-refractivity contribution is 0.0570. The maximum absolute atomic E-state index is 12.6. The molecule has 3 N–H and O–H groups in total. The minimum Gasteiger partial charge on any atom is -0.443 e. The van der Waals surface area contributed by atoms with Crippen LogP contribution in [-0.2, 0) is 21.3 Å². The van der Waals surface area contributed by atoms with Crippen LogP contribution >= 0.6 is 0 Å². The van der Waals surface area contributed by atoms with Gasteiger partial charge in [0, 0.05) is 25.1 Å². The minimum absolute atomic E-state index is 0.0273. The number of nitrogens with two attached hydrogens (primary N) is 1. The van der Waals surface area contributed by atoms with Crippen molar-refractivity contribution in [2.75, 3.05) is 17.7 Å². The predicted octanol–water partition coefficient (Wildman–Crippen LogP) is 3.64. The summed E-state index contributed by atoms with van der Waals surface area (Å²) in [5.41, 5.74) is 9.07. The number of imidazole rings is 1. The lowest BCUT2D eigenvalue weighted by atomic mass is 10.2. The van der Waals surface area contributed by atoms with Gasteiger partial charge in [-0.3, -0.25) is 0 Å². The zero-order chi connectivity index (χ0) is 24.0. The fourth-order valence-electron chi connectivity index (χ4n) is 3.61. The van der Waals surface area contributed by atoms with Crippen LogP contribution in [-0.4, -0.2) is 36.5 Å². The smallest absolute Gasteiger partial charge is 0.421 e. The molecule has 9 nitrogen and oxygen atoms in total. The van der Waals surface area contributed by atoms with Gasteiger partial charge in [-0.15, -0.1) is 0 Å². The number of carbonyl (C=O) groups excluding carboxylic acids is 1. The number of hydrogen-bond donors (Lipinski definition) is 2. The number of aromatic nitrogens is 2. The number of ether oxygens (including phenoxy) is 1. The van der Waals surface area contributed by atoms with Crippen LogP contribution < -0.4 is 15.4 Å². The molecule has 0 atom stereocenters. The second-order valence-electron chi connectivity index (χ2n) is 9.42. The van der Waals surface area contributed by atoms with Gasteiger partial charge in [0.1, 0.15) is 16.1 Å². The topological polar surface area (TPSA) is 119 Å². The summed E-state index contributed by atoms with van der Waals surface area (Å²) in [5.74, 6) is 0.672. The lowest BCUT2D eigenvalue weighted by Crippen LogP contribution is -2.36. The van der Waals surface area contributed by atoms with Gasteiger partial charge in [-0.25, -0.2) is 22.9 Å². The van der Waals surface area contributed by atoms with Crippen molar-refractivity contribution in [2.24, 2.45) is 0 Å². The summed E-state index contributed by atoms with van der Waals surface area (Å²) in [5, 5.41) is 0. The van der Waals surface area contributed by atoms with Crippen LogP contribution in [0.2, 0.25) is 0 Å².